The lowest BCUT2D eigenvalue weighted by atomic mass is 9.95. The highest BCUT2D eigenvalue weighted by Crippen LogP contribution is 2.44. The van der Waals surface area contributed by atoms with Gasteiger partial charge in [0.25, 0.3) is 0 Å². The molecule has 0 aromatic heterocycles. The maximum Gasteiger partial charge on any atom is 0.188 e. The van der Waals surface area contributed by atoms with Crippen LogP contribution in [0.3, 0.4) is 0 Å². The lowest BCUT2D eigenvalue weighted by Crippen LogP contribution is -2.19. The molecule has 7 heteroatoms. The van der Waals surface area contributed by atoms with E-state index in [1.54, 1.807) is 0 Å². The number of benzene rings is 10. The van der Waals surface area contributed by atoms with Gasteiger partial charge in [-0.25, -0.2) is 0 Å². The summed E-state index contributed by atoms with van der Waals surface area (Å²) < 4.78 is 0. The zero-order chi connectivity index (χ0) is 47.3. The molecule has 10 aromatic carbocycles. The second kappa shape index (κ2) is 19.1. The van der Waals surface area contributed by atoms with Crippen LogP contribution in [-0.2, 0) is 0 Å². The molecule has 2 aliphatic heterocycles. The molecule has 0 atom stereocenters. The van der Waals surface area contributed by atoms with Gasteiger partial charge in [0.15, 0.2) is 11.6 Å². The smallest absolute Gasteiger partial charge is 0.188 e. The third-order valence-electron chi connectivity index (χ3n) is 12.9. The van der Waals surface area contributed by atoms with Crippen molar-refractivity contribution in [1.82, 2.24) is 0 Å². The normalized spacial score (nSPS) is 12.6. The highest BCUT2D eigenvalue weighted by molar-refractivity contribution is 5.89. The summed E-state index contributed by atoms with van der Waals surface area (Å²) >= 11 is 0. The van der Waals surface area contributed by atoms with E-state index < -0.39 is 0 Å². The van der Waals surface area contributed by atoms with Crippen LogP contribution in [0.2, 0.25) is 0 Å². The van der Waals surface area contributed by atoms with Crippen LogP contribution < -0.4 is 15.1 Å². The predicted octanol–water partition coefficient (Wildman–Crippen LogP) is 18.0. The first-order valence-electron chi connectivity index (χ1n) is 23.7. The maximum absolute atomic E-state index is 4.59. The molecule has 1 N–H and O–H groups in total. The van der Waals surface area contributed by atoms with Gasteiger partial charge in [-0.2, -0.15) is 0 Å². The molecule has 0 saturated carbocycles. The topological polar surface area (TPSA) is 67.9 Å². The van der Waals surface area contributed by atoms with Gasteiger partial charge in [0.05, 0.1) is 0 Å². The Morgan fingerprint density at radius 1 is 0.225 bits per heavy atom. The third-order valence-corrected chi connectivity index (χ3v) is 12.9. The van der Waals surface area contributed by atoms with Crippen LogP contribution in [0.1, 0.15) is 11.1 Å². The molecule has 10 aromatic rings. The van der Waals surface area contributed by atoms with Crippen LogP contribution in [0.15, 0.2) is 299 Å². The first-order chi connectivity index (χ1) is 35.2. The summed E-state index contributed by atoms with van der Waals surface area (Å²) in [7, 11) is 0. The van der Waals surface area contributed by atoms with E-state index in [0.717, 1.165) is 113 Å². The lowest BCUT2D eigenvalue weighted by molar-refractivity contribution is 0.969. The molecule has 0 radical (unpaired) electrons. The number of nitrogens with one attached hydrogen (secondary N) is 1. The highest BCUT2D eigenvalue weighted by atomic mass is 15.4. The number of hydrogen-bond acceptors (Lipinski definition) is 7. The quantitative estimate of drug-likeness (QED) is 0.118. The minimum atomic E-state index is 0.821. The third kappa shape index (κ3) is 8.60. The summed E-state index contributed by atoms with van der Waals surface area (Å²) in [5, 5.41) is 21.9. The zero-order valence-electron chi connectivity index (χ0n) is 38.6. The van der Waals surface area contributed by atoms with Gasteiger partial charge in [0, 0.05) is 45.3 Å². The highest BCUT2D eigenvalue weighted by Gasteiger charge is 2.29. The molecule has 2 aliphatic rings. The van der Waals surface area contributed by atoms with E-state index in [9.17, 15) is 0 Å². The summed E-state index contributed by atoms with van der Waals surface area (Å²) in [6, 6.07) is 92.9. The Hall–Kier alpha value is -9.72. The Morgan fingerprint density at radius 2 is 0.479 bits per heavy atom. The average Bonchev–Trinajstić information content (AvgIpc) is 3.43. The molecule has 7 nitrogen and oxygen atoms in total. The number of anilines is 6. The molecule has 0 aliphatic carbocycles. The second-order valence-corrected chi connectivity index (χ2v) is 17.3. The van der Waals surface area contributed by atoms with Crippen LogP contribution in [0.4, 0.5) is 34.1 Å². The van der Waals surface area contributed by atoms with Gasteiger partial charge in [0.2, 0.25) is 0 Å². The summed E-state index contributed by atoms with van der Waals surface area (Å²) in [5.74, 6) is 1.64. The van der Waals surface area contributed by atoms with Crippen LogP contribution in [0.5, 0.6) is 0 Å². The Morgan fingerprint density at radius 3 is 0.761 bits per heavy atom. The van der Waals surface area contributed by atoms with Crippen molar-refractivity contribution >= 4 is 45.5 Å². The summed E-state index contributed by atoms with van der Waals surface area (Å²) in [5.41, 5.74) is 19.0. The van der Waals surface area contributed by atoms with Crippen LogP contribution in [0, 0.1) is 0 Å². The van der Waals surface area contributed by atoms with Crippen LogP contribution in [-0.4, -0.2) is 0 Å². The largest absolute Gasteiger partial charge is 0.356 e. The molecule has 2 heterocycles. The van der Waals surface area contributed by atoms with Crippen molar-refractivity contribution in [2.75, 3.05) is 15.1 Å². The van der Waals surface area contributed by atoms with Crippen molar-refractivity contribution in [3.63, 3.8) is 0 Å². The van der Waals surface area contributed by atoms with Gasteiger partial charge in [-0.05, 0) is 117 Å². The van der Waals surface area contributed by atoms with E-state index in [-0.39, 0.29) is 0 Å². The van der Waals surface area contributed by atoms with Gasteiger partial charge in [-0.15, -0.1) is 20.5 Å². The van der Waals surface area contributed by atoms with Crippen molar-refractivity contribution in [2.45, 2.75) is 0 Å². The molecular formula is C64H45N7. The van der Waals surface area contributed by atoms with Crippen molar-refractivity contribution < 1.29 is 0 Å². The Balaban J connectivity index is 0.724. The molecule has 71 heavy (non-hydrogen) atoms. The number of azo groups is 2. The minimum Gasteiger partial charge on any atom is -0.356 e. The van der Waals surface area contributed by atoms with Crippen LogP contribution >= 0.6 is 0 Å². The molecule has 12 rings (SSSR count). The maximum atomic E-state index is 4.59. The van der Waals surface area contributed by atoms with Crippen molar-refractivity contribution in [1.29, 1.82) is 0 Å². The number of rotatable bonds is 14. The molecule has 0 fully saturated rings. The summed E-state index contributed by atoms with van der Waals surface area (Å²) in [4.78, 5) is 4.34. The van der Waals surface area contributed by atoms with E-state index in [4.69, 9.17) is 0 Å². The van der Waals surface area contributed by atoms with Crippen molar-refractivity contribution in [3.8, 4) is 44.5 Å². The fourth-order valence-electron chi connectivity index (χ4n) is 9.26. The Bertz CT molecular complexity index is 3290. The zero-order valence-corrected chi connectivity index (χ0v) is 38.6. The first-order valence-corrected chi connectivity index (χ1v) is 23.7. The number of hydrogen-bond donors (Lipinski definition) is 1. The molecule has 0 bridgehead atoms. The monoisotopic (exact) mass is 911 g/mol. The molecule has 0 saturated heterocycles. The summed E-state index contributed by atoms with van der Waals surface area (Å²) in [6.45, 7) is 0. The average molecular weight is 912 g/mol. The van der Waals surface area contributed by atoms with Gasteiger partial charge < -0.3 is 5.32 Å². The molecule has 0 amide bonds. The van der Waals surface area contributed by atoms with E-state index in [0.29, 0.717) is 0 Å². The van der Waals surface area contributed by atoms with Gasteiger partial charge in [-0.3, -0.25) is 9.80 Å². The fourth-order valence-corrected chi connectivity index (χ4v) is 9.26. The number of para-hydroxylation sites is 4. The Labute approximate surface area is 413 Å². The standard InChI is InChI=1S/C64H45N7/c1-5-17-53(18-6-1)70(54-19-7-2-8-20-54)63-61(66-68-63)59-27-15-13-25-57(59)49-33-29-45(30-34-49)47-37-41-51(42-38-47)65-52-43-39-48(40-44-52)46-31-35-50(36-32-46)58-26-14-16-28-60(58)62-64(69-67-62)71(55-21-9-3-10-22-55)56-23-11-4-12-24-56/h1-44,65H. The van der Waals surface area contributed by atoms with Crippen molar-refractivity contribution in [3.05, 3.63) is 290 Å². The van der Waals surface area contributed by atoms with Gasteiger partial charge >= 0.3 is 0 Å². The molecular weight excluding hydrogens is 867 g/mol. The Kier molecular flexibility index (Phi) is 11.5. The van der Waals surface area contributed by atoms with E-state index in [2.05, 4.69) is 230 Å². The number of nitrogens with zero attached hydrogens (tertiary/aromatic N) is 6. The predicted molar refractivity (Wildman–Crippen MR) is 292 cm³/mol. The second-order valence-electron chi connectivity index (χ2n) is 17.3. The van der Waals surface area contributed by atoms with E-state index in [1.807, 2.05) is 72.8 Å². The fraction of sp³-hybridized carbons (Fsp3) is 0. The van der Waals surface area contributed by atoms with Crippen LogP contribution in [0.25, 0.3) is 55.9 Å². The summed E-state index contributed by atoms with van der Waals surface area (Å²) in [6.07, 6.45) is 0. The first kappa shape index (κ1) is 42.6. The van der Waals surface area contributed by atoms with Gasteiger partial charge in [-0.1, -0.05) is 194 Å². The lowest BCUT2D eigenvalue weighted by Gasteiger charge is -2.29. The molecule has 0 spiro atoms. The van der Waals surface area contributed by atoms with E-state index >= 15 is 0 Å². The molecule has 336 valence electrons. The van der Waals surface area contributed by atoms with Gasteiger partial charge in [0.1, 0.15) is 11.4 Å². The minimum absolute atomic E-state index is 0.821. The molecule has 0 unspecified atom stereocenters. The van der Waals surface area contributed by atoms with E-state index in [1.165, 1.54) is 0 Å². The SMILES string of the molecule is c1ccc(N(C2=C(c3ccccc3-c3ccc(-c4ccc(Nc5ccc(-c6ccc(-c7ccccc7C7=C(N(c8ccccc8)c8ccccc8)N=N7)cc6)cc5)cc4)cc3)N=N2)c2ccccc2)cc1. The van der Waals surface area contributed by atoms with Crippen molar-refractivity contribution in [2.24, 2.45) is 20.5 Å².